The Bertz CT molecular complexity index is 1420. The molecule has 9 nitrogen and oxygen atoms in total. The van der Waals surface area contributed by atoms with Gasteiger partial charge in [0.2, 0.25) is 0 Å². The number of alkyl halides is 3. The van der Waals surface area contributed by atoms with E-state index < -0.39 is 30.2 Å². The third kappa shape index (κ3) is 4.86. The zero-order valence-corrected chi connectivity index (χ0v) is 19.7. The van der Waals surface area contributed by atoms with Gasteiger partial charge in [-0.2, -0.15) is 23.4 Å². The molecule has 15 heteroatoms. The molecule has 2 amide bonds. The van der Waals surface area contributed by atoms with Crippen LogP contribution in [0.2, 0.25) is 10.0 Å². The molecule has 0 aliphatic rings. The van der Waals surface area contributed by atoms with Crippen LogP contribution in [0.5, 0.6) is 0 Å². The minimum atomic E-state index is -4.65. The fourth-order valence-electron chi connectivity index (χ4n) is 3.01. The minimum absolute atomic E-state index is 0.0502. The molecule has 0 aliphatic heterocycles. The molecule has 4 heterocycles. The van der Waals surface area contributed by atoms with Crippen molar-refractivity contribution < 1.29 is 22.8 Å². The van der Waals surface area contributed by atoms with Crippen molar-refractivity contribution in [2.75, 3.05) is 11.9 Å². The summed E-state index contributed by atoms with van der Waals surface area (Å²) in [7, 11) is 0. The van der Waals surface area contributed by atoms with Gasteiger partial charge in [0.05, 0.1) is 27.4 Å². The number of fused-ring (bicyclic) bond motifs is 1. The van der Waals surface area contributed by atoms with Gasteiger partial charge in [0.15, 0.2) is 11.5 Å². The lowest BCUT2D eigenvalue weighted by Gasteiger charge is -2.16. The number of aromatic nitrogens is 5. The number of carbonyl (C=O) groups is 2. The van der Waals surface area contributed by atoms with Crippen molar-refractivity contribution in [2.24, 2.45) is 0 Å². The molecule has 0 atom stereocenters. The van der Waals surface area contributed by atoms with Crippen molar-refractivity contribution in [1.82, 2.24) is 29.7 Å². The van der Waals surface area contributed by atoms with Crippen LogP contribution in [-0.4, -0.2) is 48.9 Å². The standard InChI is InChI=1S/C19H11BrCl2F3N7O2/c20-13-7-12(32(30-13)16-10(21)2-1-4-26-16)17(33)29-14-11(22)6-9-3-5-28-31(9)15(14)18(34)27-8-19(23,24)25/h1-7H,8H2,(H,27,34)(H,29,33). The maximum Gasteiger partial charge on any atom is 0.405 e. The van der Waals surface area contributed by atoms with Crippen molar-refractivity contribution in [2.45, 2.75) is 6.18 Å². The van der Waals surface area contributed by atoms with Gasteiger partial charge in [-0.1, -0.05) is 23.2 Å². The maximum absolute atomic E-state index is 13.2. The lowest BCUT2D eigenvalue weighted by atomic mass is 10.2. The number of nitrogens with one attached hydrogen (secondary N) is 2. The molecular weight excluding hydrogens is 566 g/mol. The van der Waals surface area contributed by atoms with E-state index in [1.165, 1.54) is 30.6 Å². The van der Waals surface area contributed by atoms with Gasteiger partial charge in [0.25, 0.3) is 11.8 Å². The molecule has 0 fully saturated rings. The number of amides is 2. The van der Waals surface area contributed by atoms with E-state index in [4.69, 9.17) is 23.2 Å². The molecule has 0 bridgehead atoms. The summed E-state index contributed by atoms with van der Waals surface area (Å²) in [6.07, 6.45) is -1.88. The molecule has 4 aromatic heterocycles. The highest BCUT2D eigenvalue weighted by molar-refractivity contribution is 9.10. The van der Waals surface area contributed by atoms with Crippen LogP contribution in [0, 0.1) is 0 Å². The zero-order chi connectivity index (χ0) is 24.6. The molecule has 0 saturated heterocycles. The molecule has 0 unspecified atom stereocenters. The first kappa shape index (κ1) is 24.0. The number of carbonyl (C=O) groups excluding carboxylic acids is 2. The molecule has 2 N–H and O–H groups in total. The van der Waals surface area contributed by atoms with Crippen molar-refractivity contribution >= 4 is 62.2 Å². The first-order chi connectivity index (χ1) is 16.0. The molecule has 4 rings (SSSR count). The van der Waals surface area contributed by atoms with Crippen LogP contribution in [0.4, 0.5) is 18.9 Å². The number of nitrogens with zero attached hydrogens (tertiary/aromatic N) is 5. The average Bonchev–Trinajstić information content (AvgIpc) is 3.38. The van der Waals surface area contributed by atoms with E-state index in [1.54, 1.807) is 17.4 Å². The maximum atomic E-state index is 13.2. The second kappa shape index (κ2) is 9.24. The van der Waals surface area contributed by atoms with Crippen molar-refractivity contribution in [3.05, 3.63) is 68.8 Å². The van der Waals surface area contributed by atoms with E-state index in [1.807, 2.05) is 0 Å². The average molecular weight is 577 g/mol. The summed E-state index contributed by atoms with van der Waals surface area (Å²) in [5.41, 5.74) is -0.372. The van der Waals surface area contributed by atoms with E-state index in [2.05, 4.69) is 36.4 Å². The van der Waals surface area contributed by atoms with Gasteiger partial charge in [-0.05, 0) is 40.2 Å². The second-order valence-corrected chi connectivity index (χ2v) is 8.34. The molecule has 0 saturated carbocycles. The first-order valence-electron chi connectivity index (χ1n) is 9.24. The zero-order valence-electron chi connectivity index (χ0n) is 16.6. The smallest absolute Gasteiger partial charge is 0.342 e. The molecule has 176 valence electrons. The van der Waals surface area contributed by atoms with Gasteiger partial charge in [0.1, 0.15) is 16.8 Å². The van der Waals surface area contributed by atoms with Crippen LogP contribution in [0.1, 0.15) is 21.0 Å². The number of pyridine rings is 2. The van der Waals surface area contributed by atoms with Crippen molar-refractivity contribution in [3.8, 4) is 5.82 Å². The van der Waals surface area contributed by atoms with Crippen molar-refractivity contribution in [3.63, 3.8) is 0 Å². The predicted octanol–water partition coefficient (Wildman–Crippen LogP) is 4.53. The Morgan fingerprint density at radius 1 is 1.09 bits per heavy atom. The van der Waals surface area contributed by atoms with E-state index in [0.29, 0.717) is 5.52 Å². The highest BCUT2D eigenvalue weighted by atomic mass is 79.9. The lowest BCUT2D eigenvalue weighted by molar-refractivity contribution is -0.123. The molecule has 0 radical (unpaired) electrons. The van der Waals surface area contributed by atoms with Crippen LogP contribution in [0.15, 0.2) is 47.3 Å². The molecule has 34 heavy (non-hydrogen) atoms. The summed E-state index contributed by atoms with van der Waals surface area (Å²) in [4.78, 5) is 30.0. The number of hydrogen-bond donors (Lipinski definition) is 2. The number of hydrogen-bond acceptors (Lipinski definition) is 5. The summed E-state index contributed by atoms with van der Waals surface area (Å²) < 4.78 is 40.5. The van der Waals surface area contributed by atoms with E-state index in [-0.39, 0.29) is 31.8 Å². The summed E-state index contributed by atoms with van der Waals surface area (Å²) >= 11 is 15.7. The normalized spacial score (nSPS) is 11.6. The first-order valence-corrected chi connectivity index (χ1v) is 10.8. The largest absolute Gasteiger partial charge is 0.405 e. The Morgan fingerprint density at radius 3 is 2.56 bits per heavy atom. The molecule has 0 aromatic carbocycles. The molecular formula is C19H11BrCl2F3N7O2. The third-order valence-electron chi connectivity index (χ3n) is 4.39. The SMILES string of the molecule is O=C(Nc1c(Cl)cc2ccnn2c1C(=O)NCC(F)(F)F)c1cc(Br)nn1-c1ncccc1Cl. The summed E-state index contributed by atoms with van der Waals surface area (Å²) in [6.45, 7) is -1.59. The highest BCUT2D eigenvalue weighted by Gasteiger charge is 2.30. The van der Waals surface area contributed by atoms with Crippen LogP contribution >= 0.6 is 39.1 Å². The fraction of sp³-hybridized carbons (Fsp3) is 0.105. The fourth-order valence-corrected chi connectivity index (χ4v) is 3.84. The van der Waals surface area contributed by atoms with Gasteiger partial charge in [-0.25, -0.2) is 14.2 Å². The molecule has 0 aliphatic carbocycles. The number of rotatable bonds is 5. The highest BCUT2D eigenvalue weighted by Crippen LogP contribution is 2.30. The van der Waals surface area contributed by atoms with Gasteiger partial charge >= 0.3 is 6.18 Å². The van der Waals surface area contributed by atoms with Gasteiger partial charge in [-0.15, -0.1) is 0 Å². The van der Waals surface area contributed by atoms with Crippen LogP contribution in [0.3, 0.4) is 0 Å². The monoisotopic (exact) mass is 575 g/mol. The Balaban J connectivity index is 1.76. The third-order valence-corrected chi connectivity index (χ3v) is 5.37. The summed E-state index contributed by atoms with van der Waals surface area (Å²) in [5.74, 6) is -1.79. The summed E-state index contributed by atoms with van der Waals surface area (Å²) in [6, 6.07) is 7.40. The second-order valence-electron chi connectivity index (χ2n) is 6.71. The van der Waals surface area contributed by atoms with Crippen LogP contribution in [-0.2, 0) is 0 Å². The van der Waals surface area contributed by atoms with Gasteiger partial charge < -0.3 is 10.6 Å². The molecule has 4 aromatic rings. The Kier molecular flexibility index (Phi) is 6.51. The lowest BCUT2D eigenvalue weighted by Crippen LogP contribution is -2.35. The van der Waals surface area contributed by atoms with Crippen LogP contribution < -0.4 is 10.6 Å². The van der Waals surface area contributed by atoms with E-state index in [9.17, 15) is 22.8 Å². The topological polar surface area (TPSA) is 106 Å². The summed E-state index contributed by atoms with van der Waals surface area (Å²) in [5, 5.41) is 12.5. The minimum Gasteiger partial charge on any atom is -0.342 e. The number of halogens is 6. The van der Waals surface area contributed by atoms with Crippen LogP contribution in [0.25, 0.3) is 11.3 Å². The van der Waals surface area contributed by atoms with E-state index in [0.717, 1.165) is 9.20 Å². The predicted molar refractivity (Wildman–Crippen MR) is 121 cm³/mol. The van der Waals surface area contributed by atoms with Crippen molar-refractivity contribution in [1.29, 1.82) is 0 Å². The Hall–Kier alpha value is -3.16. The Morgan fingerprint density at radius 2 is 1.85 bits per heavy atom. The number of anilines is 1. The van der Waals surface area contributed by atoms with Gasteiger partial charge in [0, 0.05) is 12.3 Å². The quantitative estimate of drug-likeness (QED) is 0.363. The molecule has 0 spiro atoms. The van der Waals surface area contributed by atoms with E-state index >= 15 is 0 Å². The van der Waals surface area contributed by atoms with Gasteiger partial charge in [-0.3, -0.25) is 9.59 Å². The Labute approximate surface area is 207 Å².